The third kappa shape index (κ3) is 1.72. The van der Waals surface area contributed by atoms with Gasteiger partial charge in [0.2, 0.25) is 0 Å². The van der Waals surface area contributed by atoms with Gasteiger partial charge in [-0.3, -0.25) is 0 Å². The molecule has 4 heteroatoms. The van der Waals surface area contributed by atoms with E-state index in [1.54, 1.807) is 7.11 Å². The Morgan fingerprint density at radius 3 is 2.72 bits per heavy atom. The van der Waals surface area contributed by atoms with E-state index in [2.05, 4.69) is 5.32 Å². The average molecular weight is 261 g/mol. The molecule has 18 heavy (non-hydrogen) atoms. The van der Waals surface area contributed by atoms with Crippen LogP contribution in [0.4, 0.5) is 11.4 Å². The topological polar surface area (TPSA) is 47.3 Å². The molecule has 2 aromatic rings. The molecule has 0 aromatic heterocycles. The molecule has 1 heterocycles. The Balaban J connectivity index is 2.12. The van der Waals surface area contributed by atoms with Crippen molar-refractivity contribution in [3.8, 4) is 5.75 Å². The number of ether oxygens (including phenoxy) is 1. The molecule has 2 aromatic carbocycles. The van der Waals surface area contributed by atoms with Crippen LogP contribution in [0.25, 0.3) is 0 Å². The third-order valence-electron chi connectivity index (χ3n) is 3.21. The molecular formula is C14H13ClN2O. The van der Waals surface area contributed by atoms with E-state index in [0.29, 0.717) is 5.02 Å². The average Bonchev–Trinajstić information content (AvgIpc) is 2.39. The van der Waals surface area contributed by atoms with Crippen LogP contribution in [0.5, 0.6) is 5.75 Å². The van der Waals surface area contributed by atoms with E-state index in [1.165, 1.54) is 0 Å². The molecular weight excluding hydrogens is 248 g/mol. The molecule has 1 aliphatic heterocycles. The summed E-state index contributed by atoms with van der Waals surface area (Å²) < 4.78 is 5.22. The number of halogens is 1. The molecule has 1 unspecified atom stereocenters. The smallest absolute Gasteiger partial charge is 0.120 e. The van der Waals surface area contributed by atoms with Crippen LogP contribution in [0.1, 0.15) is 17.2 Å². The molecule has 0 fully saturated rings. The minimum Gasteiger partial charge on any atom is -0.497 e. The molecule has 3 nitrogen and oxygen atoms in total. The van der Waals surface area contributed by atoms with Crippen molar-refractivity contribution < 1.29 is 4.74 Å². The van der Waals surface area contributed by atoms with Gasteiger partial charge < -0.3 is 15.8 Å². The summed E-state index contributed by atoms with van der Waals surface area (Å²) in [5, 5.41) is 4.05. The number of nitrogens with one attached hydrogen (secondary N) is 1. The van der Waals surface area contributed by atoms with Crippen LogP contribution in [0.15, 0.2) is 36.4 Å². The van der Waals surface area contributed by atoms with E-state index in [1.807, 2.05) is 36.4 Å². The van der Waals surface area contributed by atoms with Gasteiger partial charge in [0.1, 0.15) is 5.75 Å². The molecule has 0 saturated heterocycles. The number of anilines is 2. The highest BCUT2D eigenvalue weighted by Crippen LogP contribution is 2.40. The first-order chi connectivity index (χ1) is 8.69. The lowest BCUT2D eigenvalue weighted by atomic mass is 9.92. The van der Waals surface area contributed by atoms with Crippen molar-refractivity contribution in [3.05, 3.63) is 52.5 Å². The zero-order valence-corrected chi connectivity index (χ0v) is 10.7. The van der Waals surface area contributed by atoms with Gasteiger partial charge in [-0.2, -0.15) is 0 Å². The van der Waals surface area contributed by atoms with Gasteiger partial charge in [-0.15, -0.1) is 0 Å². The molecule has 92 valence electrons. The van der Waals surface area contributed by atoms with Gasteiger partial charge in [0.15, 0.2) is 0 Å². The van der Waals surface area contributed by atoms with Crippen LogP contribution in [0.3, 0.4) is 0 Å². The fourth-order valence-corrected chi connectivity index (χ4v) is 2.44. The quantitative estimate of drug-likeness (QED) is 0.826. The molecule has 3 N–H and O–H groups in total. The zero-order chi connectivity index (χ0) is 12.7. The second kappa shape index (κ2) is 4.19. The summed E-state index contributed by atoms with van der Waals surface area (Å²) >= 11 is 6.01. The maximum Gasteiger partial charge on any atom is 0.120 e. The maximum atomic E-state index is 6.28. The van der Waals surface area contributed by atoms with Crippen LogP contribution in [-0.4, -0.2) is 7.11 Å². The lowest BCUT2D eigenvalue weighted by Gasteiger charge is -2.27. The summed E-state index contributed by atoms with van der Waals surface area (Å²) in [4.78, 5) is 0. The van der Waals surface area contributed by atoms with Crippen molar-refractivity contribution in [2.24, 2.45) is 5.73 Å². The van der Waals surface area contributed by atoms with E-state index in [4.69, 9.17) is 22.1 Å². The lowest BCUT2D eigenvalue weighted by Crippen LogP contribution is -2.19. The van der Waals surface area contributed by atoms with Crippen molar-refractivity contribution in [2.75, 3.05) is 12.4 Å². The van der Waals surface area contributed by atoms with Crippen LogP contribution < -0.4 is 15.8 Å². The first-order valence-corrected chi connectivity index (χ1v) is 6.07. The predicted octanol–water partition coefficient (Wildman–Crippen LogP) is 3.45. The summed E-state index contributed by atoms with van der Waals surface area (Å²) in [5.41, 5.74) is 10.3. The van der Waals surface area contributed by atoms with E-state index >= 15 is 0 Å². The van der Waals surface area contributed by atoms with Crippen LogP contribution in [0.2, 0.25) is 5.02 Å². The van der Waals surface area contributed by atoms with Gasteiger partial charge in [-0.05, 0) is 35.4 Å². The van der Waals surface area contributed by atoms with Crippen molar-refractivity contribution >= 4 is 23.0 Å². The number of nitrogens with two attached hydrogens (primary N) is 1. The summed E-state index contributed by atoms with van der Waals surface area (Å²) in [7, 11) is 1.65. The molecule has 0 bridgehead atoms. The molecule has 3 rings (SSSR count). The first-order valence-electron chi connectivity index (χ1n) is 5.69. The Labute approximate surface area is 111 Å². The summed E-state index contributed by atoms with van der Waals surface area (Å²) in [6.07, 6.45) is 0. The largest absolute Gasteiger partial charge is 0.497 e. The highest BCUT2D eigenvalue weighted by atomic mass is 35.5. The Hall–Kier alpha value is -1.71. The second-order valence-corrected chi connectivity index (χ2v) is 4.72. The van der Waals surface area contributed by atoms with Gasteiger partial charge in [-0.1, -0.05) is 17.7 Å². The minimum atomic E-state index is -0.166. The van der Waals surface area contributed by atoms with Gasteiger partial charge in [0, 0.05) is 22.5 Å². The number of fused-ring (bicyclic) bond motifs is 2. The van der Waals surface area contributed by atoms with Gasteiger partial charge in [-0.25, -0.2) is 0 Å². The Morgan fingerprint density at radius 2 is 1.94 bits per heavy atom. The highest BCUT2D eigenvalue weighted by molar-refractivity contribution is 6.30. The van der Waals surface area contributed by atoms with Crippen molar-refractivity contribution in [1.82, 2.24) is 0 Å². The molecule has 0 amide bonds. The van der Waals surface area contributed by atoms with E-state index in [-0.39, 0.29) is 6.04 Å². The highest BCUT2D eigenvalue weighted by Gasteiger charge is 2.22. The van der Waals surface area contributed by atoms with Crippen molar-refractivity contribution in [2.45, 2.75) is 6.04 Å². The predicted molar refractivity (Wildman–Crippen MR) is 73.8 cm³/mol. The zero-order valence-electron chi connectivity index (χ0n) is 9.91. The minimum absolute atomic E-state index is 0.166. The molecule has 0 spiro atoms. The standard InChI is InChI=1S/C14H13ClN2O/c1-18-9-3-4-10-13(7-9)17-12-5-2-8(15)6-11(12)14(10)16/h2-7,14,17H,16H2,1H3. The maximum absolute atomic E-state index is 6.28. The summed E-state index contributed by atoms with van der Waals surface area (Å²) in [6.45, 7) is 0. The fraction of sp³-hybridized carbons (Fsp3) is 0.143. The van der Waals surface area contributed by atoms with E-state index in [0.717, 1.165) is 28.3 Å². The Bertz CT molecular complexity index is 613. The SMILES string of the molecule is COc1ccc2c(c1)Nc1ccc(Cl)cc1C2N. The van der Waals surface area contributed by atoms with Crippen LogP contribution in [-0.2, 0) is 0 Å². The monoisotopic (exact) mass is 260 g/mol. The Kier molecular flexibility index (Phi) is 2.65. The number of methoxy groups -OCH3 is 1. The molecule has 1 atom stereocenters. The van der Waals surface area contributed by atoms with Crippen molar-refractivity contribution in [1.29, 1.82) is 0 Å². The normalized spacial score (nSPS) is 16.5. The molecule has 0 radical (unpaired) electrons. The number of hydrogen-bond donors (Lipinski definition) is 2. The van der Waals surface area contributed by atoms with E-state index < -0.39 is 0 Å². The lowest BCUT2D eigenvalue weighted by molar-refractivity contribution is 0.415. The van der Waals surface area contributed by atoms with Crippen LogP contribution in [0, 0.1) is 0 Å². The summed E-state index contributed by atoms with van der Waals surface area (Å²) in [5.74, 6) is 0.811. The first kappa shape index (κ1) is 11.4. The molecule has 1 aliphatic rings. The third-order valence-corrected chi connectivity index (χ3v) is 3.45. The molecule has 0 saturated carbocycles. The number of hydrogen-bond acceptors (Lipinski definition) is 3. The second-order valence-electron chi connectivity index (χ2n) is 4.29. The van der Waals surface area contributed by atoms with Gasteiger partial charge in [0.05, 0.1) is 13.2 Å². The number of benzene rings is 2. The molecule has 0 aliphatic carbocycles. The number of rotatable bonds is 1. The van der Waals surface area contributed by atoms with Crippen LogP contribution >= 0.6 is 11.6 Å². The van der Waals surface area contributed by atoms with Gasteiger partial charge >= 0.3 is 0 Å². The Morgan fingerprint density at radius 1 is 1.11 bits per heavy atom. The summed E-state index contributed by atoms with van der Waals surface area (Å²) in [6, 6.07) is 11.4. The fourth-order valence-electron chi connectivity index (χ4n) is 2.26. The van der Waals surface area contributed by atoms with Gasteiger partial charge in [0.25, 0.3) is 0 Å². The van der Waals surface area contributed by atoms with E-state index in [9.17, 15) is 0 Å². The van der Waals surface area contributed by atoms with Crippen molar-refractivity contribution in [3.63, 3.8) is 0 Å².